The second-order valence-electron chi connectivity index (χ2n) is 4.85. The van der Waals surface area contributed by atoms with Crippen LogP contribution in [0.25, 0.3) is 0 Å². The van der Waals surface area contributed by atoms with Crippen LogP contribution in [0.1, 0.15) is 25.8 Å². The first kappa shape index (κ1) is 15.9. The molecule has 1 unspecified atom stereocenters. The van der Waals surface area contributed by atoms with Crippen LogP contribution in [0.2, 0.25) is 0 Å². The molecule has 0 bridgehead atoms. The van der Waals surface area contributed by atoms with Gasteiger partial charge in [-0.05, 0) is 44.0 Å². The van der Waals surface area contributed by atoms with Crippen LogP contribution in [0.5, 0.6) is 5.75 Å². The largest absolute Gasteiger partial charge is 0.491 e. The van der Waals surface area contributed by atoms with Crippen LogP contribution in [0.3, 0.4) is 0 Å². The lowest BCUT2D eigenvalue weighted by Gasteiger charge is -2.22. The number of halogens is 1. The SMILES string of the molecule is CCOc1ccc(CN(C)CC(CC)CO)cc1F. The van der Waals surface area contributed by atoms with E-state index >= 15 is 0 Å². The van der Waals surface area contributed by atoms with E-state index in [4.69, 9.17) is 4.74 Å². The highest BCUT2D eigenvalue weighted by Gasteiger charge is 2.10. The topological polar surface area (TPSA) is 32.7 Å². The molecule has 0 radical (unpaired) electrons. The highest BCUT2D eigenvalue weighted by Crippen LogP contribution is 2.19. The molecule has 108 valence electrons. The van der Waals surface area contributed by atoms with Gasteiger partial charge in [0.1, 0.15) is 0 Å². The van der Waals surface area contributed by atoms with E-state index in [0.29, 0.717) is 18.9 Å². The molecule has 0 fully saturated rings. The predicted molar refractivity (Wildman–Crippen MR) is 74.8 cm³/mol. The van der Waals surface area contributed by atoms with E-state index in [1.165, 1.54) is 6.07 Å². The van der Waals surface area contributed by atoms with Gasteiger partial charge in [0.2, 0.25) is 0 Å². The van der Waals surface area contributed by atoms with Crippen molar-refractivity contribution < 1.29 is 14.2 Å². The van der Waals surface area contributed by atoms with Crippen molar-refractivity contribution >= 4 is 0 Å². The third kappa shape index (κ3) is 5.17. The number of hydrogen-bond acceptors (Lipinski definition) is 3. The van der Waals surface area contributed by atoms with Crippen molar-refractivity contribution in [2.45, 2.75) is 26.8 Å². The third-order valence-electron chi connectivity index (χ3n) is 3.15. The van der Waals surface area contributed by atoms with Crippen LogP contribution < -0.4 is 4.74 Å². The van der Waals surface area contributed by atoms with Gasteiger partial charge in [-0.3, -0.25) is 0 Å². The minimum Gasteiger partial charge on any atom is -0.491 e. The average Bonchev–Trinajstić information content (AvgIpc) is 2.39. The zero-order valence-corrected chi connectivity index (χ0v) is 12.0. The molecule has 1 atom stereocenters. The molecule has 0 spiro atoms. The zero-order chi connectivity index (χ0) is 14.3. The first-order chi connectivity index (χ1) is 9.10. The number of aliphatic hydroxyl groups excluding tert-OH is 1. The summed E-state index contributed by atoms with van der Waals surface area (Å²) in [6.45, 7) is 6.02. The Bertz CT molecular complexity index is 380. The number of benzene rings is 1. The van der Waals surface area contributed by atoms with Crippen LogP contribution in [-0.2, 0) is 6.54 Å². The molecule has 0 aliphatic carbocycles. The summed E-state index contributed by atoms with van der Waals surface area (Å²) in [5, 5.41) is 9.18. The number of rotatable bonds is 8. The molecule has 0 saturated heterocycles. The molecule has 0 heterocycles. The number of hydrogen-bond donors (Lipinski definition) is 1. The molecule has 4 heteroatoms. The van der Waals surface area contributed by atoms with Crippen LogP contribution in [0, 0.1) is 11.7 Å². The highest BCUT2D eigenvalue weighted by atomic mass is 19.1. The molecule has 3 nitrogen and oxygen atoms in total. The van der Waals surface area contributed by atoms with E-state index in [9.17, 15) is 9.50 Å². The molecule has 1 rings (SSSR count). The van der Waals surface area contributed by atoms with Crippen molar-refractivity contribution in [3.05, 3.63) is 29.6 Å². The van der Waals surface area contributed by atoms with E-state index < -0.39 is 0 Å². The number of nitrogens with zero attached hydrogens (tertiary/aromatic N) is 1. The van der Waals surface area contributed by atoms with Gasteiger partial charge < -0.3 is 14.7 Å². The van der Waals surface area contributed by atoms with Gasteiger partial charge in [0.25, 0.3) is 0 Å². The molecule has 1 aromatic carbocycles. The van der Waals surface area contributed by atoms with Crippen LogP contribution in [0.4, 0.5) is 4.39 Å². The molecule has 0 aromatic heterocycles. The molecule has 0 amide bonds. The number of aliphatic hydroxyl groups is 1. The Hall–Kier alpha value is -1.13. The molecular formula is C15H24FNO2. The summed E-state index contributed by atoms with van der Waals surface area (Å²) in [5.74, 6) is 0.259. The molecule has 19 heavy (non-hydrogen) atoms. The summed E-state index contributed by atoms with van der Waals surface area (Å²) in [6.07, 6.45) is 0.943. The summed E-state index contributed by atoms with van der Waals surface area (Å²) in [4.78, 5) is 2.10. The van der Waals surface area contributed by atoms with E-state index in [2.05, 4.69) is 11.8 Å². The Labute approximate surface area is 115 Å². The minimum atomic E-state index is -0.318. The Kier molecular flexibility index (Phi) is 6.81. The van der Waals surface area contributed by atoms with Crippen molar-refractivity contribution in [1.82, 2.24) is 4.90 Å². The van der Waals surface area contributed by atoms with Gasteiger partial charge in [-0.1, -0.05) is 13.0 Å². The average molecular weight is 269 g/mol. The zero-order valence-electron chi connectivity index (χ0n) is 12.0. The predicted octanol–water partition coefficient (Wildman–Crippen LogP) is 2.67. The van der Waals surface area contributed by atoms with Crippen molar-refractivity contribution in [2.24, 2.45) is 5.92 Å². The second kappa shape index (κ2) is 8.12. The molecule has 0 saturated carbocycles. The molecule has 0 aliphatic rings. The maximum absolute atomic E-state index is 13.7. The first-order valence-electron chi connectivity index (χ1n) is 6.81. The van der Waals surface area contributed by atoms with Gasteiger partial charge in [-0.2, -0.15) is 0 Å². The normalized spacial score (nSPS) is 12.7. The van der Waals surface area contributed by atoms with Crippen molar-refractivity contribution in [2.75, 3.05) is 26.8 Å². The Morgan fingerprint density at radius 3 is 2.63 bits per heavy atom. The van der Waals surface area contributed by atoms with Crippen LogP contribution in [-0.4, -0.2) is 36.8 Å². The lowest BCUT2D eigenvalue weighted by Crippen LogP contribution is -2.27. The van der Waals surface area contributed by atoms with E-state index in [1.807, 2.05) is 20.0 Å². The van der Waals surface area contributed by atoms with Crippen molar-refractivity contribution in [1.29, 1.82) is 0 Å². The van der Waals surface area contributed by atoms with Gasteiger partial charge in [0, 0.05) is 19.7 Å². The quantitative estimate of drug-likeness (QED) is 0.787. The Morgan fingerprint density at radius 2 is 2.11 bits per heavy atom. The van der Waals surface area contributed by atoms with E-state index in [0.717, 1.165) is 18.5 Å². The van der Waals surface area contributed by atoms with Gasteiger partial charge in [0.15, 0.2) is 11.6 Å². The maximum atomic E-state index is 13.7. The van der Waals surface area contributed by atoms with Gasteiger partial charge in [-0.15, -0.1) is 0 Å². The summed E-state index contributed by atoms with van der Waals surface area (Å²) >= 11 is 0. The summed E-state index contributed by atoms with van der Waals surface area (Å²) in [6, 6.07) is 5.07. The molecule has 1 aromatic rings. The third-order valence-corrected chi connectivity index (χ3v) is 3.15. The van der Waals surface area contributed by atoms with Gasteiger partial charge in [-0.25, -0.2) is 4.39 Å². The monoisotopic (exact) mass is 269 g/mol. The van der Waals surface area contributed by atoms with E-state index in [-0.39, 0.29) is 18.3 Å². The standard InChI is InChI=1S/C15H24FNO2/c1-4-12(11-18)9-17(3)10-13-6-7-15(19-5-2)14(16)8-13/h6-8,12,18H,4-5,9-11H2,1-3H3. The Morgan fingerprint density at radius 1 is 1.37 bits per heavy atom. The molecule has 0 aliphatic heterocycles. The van der Waals surface area contributed by atoms with Crippen LogP contribution >= 0.6 is 0 Å². The minimum absolute atomic E-state index is 0.193. The van der Waals surface area contributed by atoms with Gasteiger partial charge >= 0.3 is 0 Å². The fraction of sp³-hybridized carbons (Fsp3) is 0.600. The van der Waals surface area contributed by atoms with Crippen molar-refractivity contribution in [3.63, 3.8) is 0 Å². The number of ether oxygens (including phenoxy) is 1. The molecule has 1 N–H and O–H groups in total. The first-order valence-corrected chi connectivity index (χ1v) is 6.81. The highest BCUT2D eigenvalue weighted by molar-refractivity contribution is 5.29. The second-order valence-corrected chi connectivity index (χ2v) is 4.85. The Balaban J connectivity index is 2.59. The lowest BCUT2D eigenvalue weighted by molar-refractivity contribution is 0.173. The summed E-state index contributed by atoms with van der Waals surface area (Å²) < 4.78 is 18.9. The smallest absolute Gasteiger partial charge is 0.165 e. The van der Waals surface area contributed by atoms with Crippen molar-refractivity contribution in [3.8, 4) is 5.75 Å². The van der Waals surface area contributed by atoms with Crippen LogP contribution in [0.15, 0.2) is 18.2 Å². The van der Waals surface area contributed by atoms with Gasteiger partial charge in [0.05, 0.1) is 6.61 Å². The maximum Gasteiger partial charge on any atom is 0.165 e. The lowest BCUT2D eigenvalue weighted by atomic mass is 10.1. The fourth-order valence-corrected chi connectivity index (χ4v) is 2.05. The summed E-state index contributed by atoms with van der Waals surface area (Å²) in [7, 11) is 1.98. The molecular weight excluding hydrogens is 245 g/mol. The van der Waals surface area contributed by atoms with E-state index in [1.54, 1.807) is 6.07 Å². The summed E-state index contributed by atoms with van der Waals surface area (Å²) in [5.41, 5.74) is 0.913. The fourth-order valence-electron chi connectivity index (χ4n) is 2.05.